The molecule has 1 aromatic rings. The predicted octanol–water partition coefficient (Wildman–Crippen LogP) is 1.87. The van der Waals surface area contributed by atoms with E-state index in [9.17, 15) is 5.11 Å². The molecular weight excluding hydrogens is 212 g/mol. The van der Waals surface area contributed by atoms with Gasteiger partial charge in [-0.2, -0.15) is 0 Å². The average Bonchev–Trinajstić information content (AvgIpc) is 2.86. The molecule has 1 saturated heterocycles. The van der Waals surface area contributed by atoms with E-state index in [1.54, 1.807) is 0 Å². The highest BCUT2D eigenvalue weighted by molar-refractivity contribution is 5.54. The largest absolute Gasteiger partial charge is 0.399 e. The van der Waals surface area contributed by atoms with Crippen LogP contribution >= 0.6 is 0 Å². The van der Waals surface area contributed by atoms with Crippen LogP contribution in [0.3, 0.4) is 0 Å². The molecule has 1 aliphatic carbocycles. The lowest BCUT2D eigenvalue weighted by atomic mass is 9.82. The summed E-state index contributed by atoms with van der Waals surface area (Å²) in [6.45, 7) is 2.42. The summed E-state index contributed by atoms with van der Waals surface area (Å²) in [5.41, 5.74) is 7.93. The van der Waals surface area contributed by atoms with E-state index in [1.165, 1.54) is 24.9 Å². The first kappa shape index (κ1) is 10.9. The first-order chi connectivity index (χ1) is 8.23. The Hall–Kier alpha value is -1.22. The molecule has 0 unspecified atom stereocenters. The van der Waals surface area contributed by atoms with Crippen molar-refractivity contribution in [3.63, 3.8) is 0 Å². The topological polar surface area (TPSA) is 49.5 Å². The SMILES string of the molecule is Nc1ccc(N2C[C@H]3CCC[C@@]3(CO)C2)cc1. The monoisotopic (exact) mass is 232 g/mol. The van der Waals surface area contributed by atoms with E-state index in [0.29, 0.717) is 12.5 Å². The van der Waals surface area contributed by atoms with Crippen molar-refractivity contribution in [3.05, 3.63) is 24.3 Å². The predicted molar refractivity (Wildman–Crippen MR) is 69.9 cm³/mol. The molecule has 0 radical (unpaired) electrons. The molecule has 3 heteroatoms. The second-order valence-electron chi connectivity index (χ2n) is 5.58. The molecule has 0 bridgehead atoms. The third-order valence-electron chi connectivity index (χ3n) is 4.61. The maximum Gasteiger partial charge on any atom is 0.0507 e. The molecule has 17 heavy (non-hydrogen) atoms. The molecule has 92 valence electrons. The van der Waals surface area contributed by atoms with E-state index in [2.05, 4.69) is 17.0 Å². The van der Waals surface area contributed by atoms with E-state index in [4.69, 9.17) is 5.73 Å². The van der Waals surface area contributed by atoms with Gasteiger partial charge in [0, 0.05) is 29.9 Å². The lowest BCUT2D eigenvalue weighted by molar-refractivity contribution is 0.121. The van der Waals surface area contributed by atoms with Crippen LogP contribution in [0.5, 0.6) is 0 Å². The molecule has 0 spiro atoms. The zero-order chi connectivity index (χ0) is 11.9. The molecule has 2 fully saturated rings. The van der Waals surface area contributed by atoms with Crippen LogP contribution < -0.4 is 10.6 Å². The standard InChI is InChI=1S/C14H20N2O/c15-12-3-5-13(6-4-12)16-8-11-2-1-7-14(11,9-16)10-17/h3-6,11,17H,1-2,7-10,15H2/t11-,14+/m1/s1. The third kappa shape index (κ3) is 1.69. The molecule has 1 aromatic carbocycles. The van der Waals surface area contributed by atoms with Gasteiger partial charge in [0.15, 0.2) is 0 Å². The van der Waals surface area contributed by atoms with E-state index >= 15 is 0 Å². The van der Waals surface area contributed by atoms with E-state index < -0.39 is 0 Å². The molecule has 2 atom stereocenters. The van der Waals surface area contributed by atoms with Gasteiger partial charge in [-0.3, -0.25) is 0 Å². The second kappa shape index (κ2) is 3.91. The second-order valence-corrected chi connectivity index (χ2v) is 5.58. The summed E-state index contributed by atoms with van der Waals surface area (Å²) in [6, 6.07) is 8.08. The fourth-order valence-corrected chi connectivity index (χ4v) is 3.55. The van der Waals surface area contributed by atoms with Crippen LogP contribution in [0.4, 0.5) is 11.4 Å². The highest BCUT2D eigenvalue weighted by Gasteiger charge is 2.48. The highest BCUT2D eigenvalue weighted by atomic mass is 16.3. The lowest BCUT2D eigenvalue weighted by Crippen LogP contribution is -2.30. The Kier molecular flexibility index (Phi) is 2.51. The quantitative estimate of drug-likeness (QED) is 0.765. The van der Waals surface area contributed by atoms with E-state index in [0.717, 1.165) is 18.8 Å². The van der Waals surface area contributed by atoms with Gasteiger partial charge in [-0.05, 0) is 43.0 Å². The van der Waals surface area contributed by atoms with Gasteiger partial charge in [0.2, 0.25) is 0 Å². The van der Waals surface area contributed by atoms with Crippen LogP contribution in [0.2, 0.25) is 0 Å². The summed E-state index contributed by atoms with van der Waals surface area (Å²) < 4.78 is 0. The van der Waals surface area contributed by atoms with Gasteiger partial charge in [-0.15, -0.1) is 0 Å². The van der Waals surface area contributed by atoms with Gasteiger partial charge in [0.05, 0.1) is 6.61 Å². The van der Waals surface area contributed by atoms with Crippen molar-refractivity contribution in [3.8, 4) is 0 Å². The summed E-state index contributed by atoms with van der Waals surface area (Å²) in [5.74, 6) is 0.671. The number of nitrogen functional groups attached to an aromatic ring is 1. The number of nitrogens with two attached hydrogens (primary N) is 1. The average molecular weight is 232 g/mol. The zero-order valence-corrected chi connectivity index (χ0v) is 10.1. The number of hydrogen-bond acceptors (Lipinski definition) is 3. The Morgan fingerprint density at radius 3 is 2.76 bits per heavy atom. The number of aliphatic hydroxyl groups excluding tert-OH is 1. The molecular formula is C14H20N2O. The minimum atomic E-state index is 0.168. The fraction of sp³-hybridized carbons (Fsp3) is 0.571. The first-order valence-corrected chi connectivity index (χ1v) is 6.45. The Bertz CT molecular complexity index is 403. The summed E-state index contributed by atoms with van der Waals surface area (Å²) in [5, 5.41) is 9.69. The van der Waals surface area contributed by atoms with E-state index in [-0.39, 0.29) is 5.41 Å². The van der Waals surface area contributed by atoms with Crippen molar-refractivity contribution in [2.75, 3.05) is 30.3 Å². The van der Waals surface area contributed by atoms with Gasteiger partial charge >= 0.3 is 0 Å². The Balaban J connectivity index is 1.82. The molecule has 1 heterocycles. The van der Waals surface area contributed by atoms with Crippen molar-refractivity contribution in [2.24, 2.45) is 11.3 Å². The molecule has 0 amide bonds. The summed E-state index contributed by atoms with van der Waals surface area (Å²) in [4.78, 5) is 2.40. The molecule has 3 N–H and O–H groups in total. The Morgan fingerprint density at radius 1 is 1.35 bits per heavy atom. The molecule has 3 nitrogen and oxygen atoms in total. The van der Waals surface area contributed by atoms with E-state index in [1.807, 2.05) is 12.1 Å². The van der Waals surface area contributed by atoms with Crippen molar-refractivity contribution >= 4 is 11.4 Å². The third-order valence-corrected chi connectivity index (χ3v) is 4.61. The van der Waals surface area contributed by atoms with Crippen LogP contribution in [0, 0.1) is 11.3 Å². The number of aliphatic hydroxyl groups is 1. The normalized spacial score (nSPS) is 31.8. The highest BCUT2D eigenvalue weighted by Crippen LogP contribution is 2.49. The van der Waals surface area contributed by atoms with Crippen LogP contribution in [0.1, 0.15) is 19.3 Å². The van der Waals surface area contributed by atoms with Gasteiger partial charge in [-0.25, -0.2) is 0 Å². The van der Waals surface area contributed by atoms with Crippen molar-refractivity contribution in [1.29, 1.82) is 0 Å². The number of anilines is 2. The molecule has 3 rings (SSSR count). The number of fused-ring (bicyclic) bond motifs is 1. The summed E-state index contributed by atoms with van der Waals surface area (Å²) in [6.07, 6.45) is 3.73. The Labute approximate surface area is 102 Å². The molecule has 1 saturated carbocycles. The lowest BCUT2D eigenvalue weighted by Gasteiger charge is -2.26. The van der Waals surface area contributed by atoms with Gasteiger partial charge in [0.25, 0.3) is 0 Å². The summed E-state index contributed by atoms with van der Waals surface area (Å²) in [7, 11) is 0. The van der Waals surface area contributed by atoms with Gasteiger partial charge < -0.3 is 15.7 Å². The minimum absolute atomic E-state index is 0.168. The van der Waals surface area contributed by atoms with Crippen LogP contribution in [0.25, 0.3) is 0 Å². The minimum Gasteiger partial charge on any atom is -0.399 e. The van der Waals surface area contributed by atoms with Crippen LogP contribution in [-0.4, -0.2) is 24.8 Å². The fourth-order valence-electron chi connectivity index (χ4n) is 3.55. The smallest absolute Gasteiger partial charge is 0.0507 e. The van der Waals surface area contributed by atoms with Crippen LogP contribution in [-0.2, 0) is 0 Å². The van der Waals surface area contributed by atoms with Gasteiger partial charge in [-0.1, -0.05) is 6.42 Å². The molecule has 2 aliphatic rings. The van der Waals surface area contributed by atoms with Crippen LogP contribution in [0.15, 0.2) is 24.3 Å². The number of benzene rings is 1. The summed E-state index contributed by atoms with van der Waals surface area (Å²) >= 11 is 0. The molecule has 1 aliphatic heterocycles. The maximum absolute atomic E-state index is 9.69. The maximum atomic E-state index is 9.69. The van der Waals surface area contributed by atoms with Crippen molar-refractivity contribution in [2.45, 2.75) is 19.3 Å². The number of rotatable bonds is 2. The molecule has 0 aromatic heterocycles. The zero-order valence-electron chi connectivity index (χ0n) is 10.1. The Morgan fingerprint density at radius 2 is 2.12 bits per heavy atom. The first-order valence-electron chi connectivity index (χ1n) is 6.45. The van der Waals surface area contributed by atoms with Crippen molar-refractivity contribution in [1.82, 2.24) is 0 Å². The number of nitrogens with zero attached hydrogens (tertiary/aromatic N) is 1. The number of hydrogen-bond donors (Lipinski definition) is 2. The van der Waals surface area contributed by atoms with Crippen molar-refractivity contribution < 1.29 is 5.11 Å². The van der Waals surface area contributed by atoms with Gasteiger partial charge in [0.1, 0.15) is 0 Å².